The third-order valence-electron chi connectivity index (χ3n) is 3.26. The van der Waals surface area contributed by atoms with Crippen LogP contribution in [0.25, 0.3) is 0 Å². The molecule has 2 heterocycles. The molecule has 114 valence electrons. The highest BCUT2D eigenvalue weighted by atomic mass is 16.3. The average molecular weight is 292 g/mol. The van der Waals surface area contributed by atoms with Gasteiger partial charge in [-0.3, -0.25) is 9.69 Å². The predicted molar refractivity (Wildman–Crippen MR) is 75.0 cm³/mol. The number of hydrogen-bond donors (Lipinski definition) is 0. The zero-order valence-electron chi connectivity index (χ0n) is 12.5. The first-order valence-electron chi connectivity index (χ1n) is 6.78. The lowest BCUT2D eigenvalue weighted by Crippen LogP contribution is -2.41. The molecule has 2 aromatic heterocycles. The lowest BCUT2D eigenvalue weighted by atomic mass is 10.3. The number of nitrogens with zero attached hydrogens (tertiary/aromatic N) is 4. The van der Waals surface area contributed by atoms with Crippen LogP contribution in [-0.4, -0.2) is 45.3 Å². The van der Waals surface area contributed by atoms with Crippen molar-refractivity contribution in [2.24, 2.45) is 0 Å². The maximum atomic E-state index is 12.2. The van der Waals surface area contributed by atoms with E-state index in [1.54, 1.807) is 24.5 Å². The zero-order valence-corrected chi connectivity index (χ0v) is 12.5. The molecule has 0 saturated heterocycles. The standard InChI is InChI=1S/C14H20N4O3/c1-11(2)17(3)14(19)6-18(4-12-7-20-9-15-12)5-13-8-21-10-16-13/h7-11H,4-6H2,1-3H3. The van der Waals surface area contributed by atoms with E-state index in [2.05, 4.69) is 9.97 Å². The minimum absolute atomic E-state index is 0.0528. The third-order valence-corrected chi connectivity index (χ3v) is 3.26. The summed E-state index contributed by atoms with van der Waals surface area (Å²) in [5.74, 6) is 0.0528. The molecule has 0 fully saturated rings. The Balaban J connectivity index is 2.02. The maximum absolute atomic E-state index is 12.2. The molecule has 0 bridgehead atoms. The normalized spacial score (nSPS) is 11.3. The van der Waals surface area contributed by atoms with Gasteiger partial charge in [-0.2, -0.15) is 0 Å². The fourth-order valence-corrected chi connectivity index (χ4v) is 1.85. The number of carbonyl (C=O) groups excluding carboxylic acids is 1. The Labute approximate surface area is 123 Å². The number of oxazole rings is 2. The van der Waals surface area contributed by atoms with Crippen molar-refractivity contribution in [2.75, 3.05) is 13.6 Å². The topological polar surface area (TPSA) is 75.6 Å². The summed E-state index contributed by atoms with van der Waals surface area (Å²) in [6, 6.07) is 0.165. The minimum atomic E-state index is 0.0528. The van der Waals surface area contributed by atoms with Crippen LogP contribution >= 0.6 is 0 Å². The number of aromatic nitrogens is 2. The molecule has 0 saturated carbocycles. The number of hydrogen-bond acceptors (Lipinski definition) is 6. The lowest BCUT2D eigenvalue weighted by Gasteiger charge is -2.26. The van der Waals surface area contributed by atoms with E-state index in [-0.39, 0.29) is 18.5 Å². The third kappa shape index (κ3) is 4.42. The van der Waals surface area contributed by atoms with Gasteiger partial charge in [0.15, 0.2) is 12.8 Å². The molecule has 2 rings (SSSR count). The second-order valence-corrected chi connectivity index (χ2v) is 5.20. The SMILES string of the molecule is CC(C)N(C)C(=O)CN(Cc1cocn1)Cc1cocn1. The molecule has 0 aliphatic carbocycles. The molecule has 0 spiro atoms. The number of rotatable bonds is 7. The van der Waals surface area contributed by atoms with E-state index in [0.717, 1.165) is 11.4 Å². The molecule has 7 heteroatoms. The quantitative estimate of drug-likeness (QED) is 0.770. The van der Waals surface area contributed by atoms with Crippen LogP contribution < -0.4 is 0 Å². The van der Waals surface area contributed by atoms with Crippen molar-refractivity contribution >= 4 is 5.91 Å². The molecule has 0 atom stereocenters. The summed E-state index contributed by atoms with van der Waals surface area (Å²) in [5.41, 5.74) is 1.55. The van der Waals surface area contributed by atoms with Crippen LogP contribution in [-0.2, 0) is 17.9 Å². The van der Waals surface area contributed by atoms with Gasteiger partial charge in [-0.25, -0.2) is 9.97 Å². The summed E-state index contributed by atoms with van der Waals surface area (Å²) in [7, 11) is 1.80. The molecule has 0 unspecified atom stereocenters. The van der Waals surface area contributed by atoms with Gasteiger partial charge in [-0.1, -0.05) is 0 Å². The highest BCUT2D eigenvalue weighted by molar-refractivity contribution is 5.78. The highest BCUT2D eigenvalue weighted by Gasteiger charge is 2.18. The summed E-state index contributed by atoms with van der Waals surface area (Å²) in [6.07, 6.45) is 5.91. The summed E-state index contributed by atoms with van der Waals surface area (Å²) in [5, 5.41) is 0. The molecule has 2 aromatic rings. The van der Waals surface area contributed by atoms with E-state index in [9.17, 15) is 4.79 Å². The van der Waals surface area contributed by atoms with Gasteiger partial charge in [0.2, 0.25) is 5.91 Å². The monoisotopic (exact) mass is 292 g/mol. The minimum Gasteiger partial charge on any atom is -0.451 e. The summed E-state index contributed by atoms with van der Waals surface area (Å²) in [6.45, 7) is 5.28. The molecular weight excluding hydrogens is 272 g/mol. The summed E-state index contributed by atoms with van der Waals surface area (Å²) in [4.78, 5) is 24.1. The second kappa shape index (κ2) is 7.03. The average Bonchev–Trinajstić information content (AvgIpc) is 3.11. The fourth-order valence-electron chi connectivity index (χ4n) is 1.85. The molecule has 1 amide bonds. The van der Waals surface area contributed by atoms with Crippen molar-refractivity contribution in [3.05, 3.63) is 36.7 Å². The Bertz CT molecular complexity index is 500. The first-order valence-corrected chi connectivity index (χ1v) is 6.78. The van der Waals surface area contributed by atoms with E-state index in [1.807, 2.05) is 18.7 Å². The largest absolute Gasteiger partial charge is 0.451 e. The number of carbonyl (C=O) groups is 1. The Kier molecular flexibility index (Phi) is 5.10. The van der Waals surface area contributed by atoms with Gasteiger partial charge in [-0.15, -0.1) is 0 Å². The van der Waals surface area contributed by atoms with Crippen LogP contribution in [0.3, 0.4) is 0 Å². The first-order chi connectivity index (χ1) is 10.1. The van der Waals surface area contributed by atoms with Gasteiger partial charge in [0.05, 0.1) is 17.9 Å². The Morgan fingerprint density at radius 2 is 1.67 bits per heavy atom. The zero-order chi connectivity index (χ0) is 15.2. The van der Waals surface area contributed by atoms with E-state index < -0.39 is 0 Å². The Morgan fingerprint density at radius 3 is 2.05 bits per heavy atom. The van der Waals surface area contributed by atoms with Crippen molar-refractivity contribution in [1.29, 1.82) is 0 Å². The van der Waals surface area contributed by atoms with E-state index in [4.69, 9.17) is 8.83 Å². The Hall–Kier alpha value is -2.15. The van der Waals surface area contributed by atoms with Crippen LogP contribution in [0.15, 0.2) is 34.1 Å². The fraction of sp³-hybridized carbons (Fsp3) is 0.500. The maximum Gasteiger partial charge on any atom is 0.236 e. The van der Waals surface area contributed by atoms with Crippen molar-refractivity contribution in [1.82, 2.24) is 19.8 Å². The Morgan fingerprint density at radius 1 is 1.14 bits per heavy atom. The van der Waals surface area contributed by atoms with Crippen LogP contribution in [0.1, 0.15) is 25.2 Å². The second-order valence-electron chi connectivity index (χ2n) is 5.20. The van der Waals surface area contributed by atoms with E-state index in [1.165, 1.54) is 12.8 Å². The van der Waals surface area contributed by atoms with Crippen LogP contribution in [0.5, 0.6) is 0 Å². The molecule has 0 aliphatic rings. The molecule has 21 heavy (non-hydrogen) atoms. The molecule has 7 nitrogen and oxygen atoms in total. The smallest absolute Gasteiger partial charge is 0.236 e. The van der Waals surface area contributed by atoms with Gasteiger partial charge in [0, 0.05) is 26.2 Å². The van der Waals surface area contributed by atoms with Crippen molar-refractivity contribution in [2.45, 2.75) is 33.0 Å². The van der Waals surface area contributed by atoms with E-state index in [0.29, 0.717) is 13.1 Å². The number of amides is 1. The van der Waals surface area contributed by atoms with Crippen molar-refractivity contribution in [3.8, 4) is 0 Å². The predicted octanol–water partition coefficient (Wildman–Crippen LogP) is 1.53. The summed E-state index contributed by atoms with van der Waals surface area (Å²) >= 11 is 0. The molecular formula is C14H20N4O3. The molecule has 0 aliphatic heterocycles. The van der Waals surface area contributed by atoms with Crippen molar-refractivity contribution in [3.63, 3.8) is 0 Å². The van der Waals surface area contributed by atoms with Gasteiger partial charge < -0.3 is 13.7 Å². The highest BCUT2D eigenvalue weighted by Crippen LogP contribution is 2.08. The first kappa shape index (κ1) is 15.2. The van der Waals surface area contributed by atoms with Gasteiger partial charge in [0.25, 0.3) is 0 Å². The van der Waals surface area contributed by atoms with Gasteiger partial charge in [-0.05, 0) is 13.8 Å². The van der Waals surface area contributed by atoms with Gasteiger partial charge >= 0.3 is 0 Å². The van der Waals surface area contributed by atoms with Crippen molar-refractivity contribution < 1.29 is 13.6 Å². The van der Waals surface area contributed by atoms with Crippen LogP contribution in [0.2, 0.25) is 0 Å². The number of likely N-dealkylation sites (N-methyl/N-ethyl adjacent to an activating group) is 1. The van der Waals surface area contributed by atoms with Gasteiger partial charge in [0.1, 0.15) is 12.5 Å². The van der Waals surface area contributed by atoms with Crippen LogP contribution in [0.4, 0.5) is 0 Å². The lowest BCUT2D eigenvalue weighted by molar-refractivity contribution is -0.132. The summed E-state index contributed by atoms with van der Waals surface area (Å²) < 4.78 is 9.95. The molecule has 0 N–H and O–H groups in total. The molecule has 0 radical (unpaired) electrons. The van der Waals surface area contributed by atoms with E-state index >= 15 is 0 Å². The molecule has 0 aromatic carbocycles. The van der Waals surface area contributed by atoms with Crippen LogP contribution in [0, 0.1) is 0 Å².